The molecule has 0 saturated heterocycles. The molecule has 0 amide bonds. The summed E-state index contributed by atoms with van der Waals surface area (Å²) in [5, 5.41) is 8.01. The molecule has 0 aliphatic carbocycles. The van der Waals surface area contributed by atoms with Crippen LogP contribution in [-0.2, 0) is 6.54 Å². The van der Waals surface area contributed by atoms with Gasteiger partial charge in [-0.05, 0) is 43.2 Å². The second-order valence-electron chi connectivity index (χ2n) is 4.62. The largest absolute Gasteiger partial charge is 0.379 e. The van der Waals surface area contributed by atoms with Crippen molar-refractivity contribution in [2.24, 2.45) is 0 Å². The zero-order chi connectivity index (χ0) is 13.7. The van der Waals surface area contributed by atoms with E-state index in [1.165, 1.54) is 0 Å². The molecule has 0 aliphatic heterocycles. The zero-order valence-electron chi connectivity index (χ0n) is 11.4. The predicted molar refractivity (Wildman–Crippen MR) is 83.3 cm³/mol. The topological polar surface area (TPSA) is 29.9 Å². The fourth-order valence-electron chi connectivity index (χ4n) is 2.10. The smallest absolute Gasteiger partial charge is 0.0815 e. The Morgan fingerprint density at radius 1 is 1.16 bits per heavy atom. The number of hydrogen-bond acceptors (Lipinski definition) is 2. The van der Waals surface area contributed by atoms with E-state index >= 15 is 0 Å². The number of nitrogens with one attached hydrogen (secondary N) is 1. The van der Waals surface area contributed by atoms with E-state index in [0.29, 0.717) is 6.04 Å². The van der Waals surface area contributed by atoms with Crippen molar-refractivity contribution in [3.63, 3.8) is 0 Å². The van der Waals surface area contributed by atoms with Gasteiger partial charge in [0, 0.05) is 16.4 Å². The van der Waals surface area contributed by atoms with Gasteiger partial charge in [-0.3, -0.25) is 4.68 Å². The second-order valence-corrected chi connectivity index (χ2v) is 5.53. The molecule has 2 rings (SSSR count). The minimum Gasteiger partial charge on any atom is -0.379 e. The third kappa shape index (κ3) is 3.83. The summed E-state index contributed by atoms with van der Waals surface area (Å²) >= 11 is 3.43. The molecule has 0 fully saturated rings. The average Bonchev–Trinajstić information content (AvgIpc) is 2.88. The number of nitrogens with zero attached hydrogens (tertiary/aromatic N) is 2. The predicted octanol–water partition coefficient (Wildman–Crippen LogP) is 4.62. The van der Waals surface area contributed by atoms with Crippen LogP contribution in [0.25, 0.3) is 0 Å². The van der Waals surface area contributed by atoms with Gasteiger partial charge in [0.1, 0.15) is 0 Å². The molecule has 1 N–H and O–H groups in total. The van der Waals surface area contributed by atoms with Crippen molar-refractivity contribution < 1.29 is 0 Å². The summed E-state index contributed by atoms with van der Waals surface area (Å²) in [4.78, 5) is 0. The van der Waals surface area contributed by atoms with Crippen LogP contribution in [-0.4, -0.2) is 9.78 Å². The third-order valence-corrected chi connectivity index (χ3v) is 3.83. The quantitative estimate of drug-likeness (QED) is 0.841. The number of benzene rings is 1. The molecule has 1 aromatic heterocycles. The minimum absolute atomic E-state index is 0.515. The van der Waals surface area contributed by atoms with Crippen LogP contribution in [0.5, 0.6) is 0 Å². The molecule has 0 bridgehead atoms. The maximum atomic E-state index is 4.63. The molecule has 0 spiro atoms. The summed E-state index contributed by atoms with van der Waals surface area (Å²) < 4.78 is 3.18. The Balaban J connectivity index is 1.95. The highest BCUT2D eigenvalue weighted by molar-refractivity contribution is 9.10. The summed E-state index contributed by atoms with van der Waals surface area (Å²) in [6.45, 7) is 5.17. The normalized spacial score (nSPS) is 10.9. The average molecular weight is 322 g/mol. The number of hydrogen-bond donors (Lipinski definition) is 1. The van der Waals surface area contributed by atoms with Gasteiger partial charge in [-0.15, -0.1) is 0 Å². The highest BCUT2D eigenvalue weighted by atomic mass is 79.9. The Labute approximate surface area is 123 Å². The van der Waals surface area contributed by atoms with Crippen LogP contribution < -0.4 is 5.32 Å². The van der Waals surface area contributed by atoms with Crippen LogP contribution >= 0.6 is 15.9 Å². The number of halogens is 1. The van der Waals surface area contributed by atoms with Gasteiger partial charge in [-0.25, -0.2) is 0 Å². The van der Waals surface area contributed by atoms with E-state index in [2.05, 4.69) is 69.3 Å². The molecule has 4 heteroatoms. The van der Waals surface area contributed by atoms with E-state index in [1.807, 2.05) is 12.1 Å². The van der Waals surface area contributed by atoms with Gasteiger partial charge >= 0.3 is 0 Å². The molecule has 0 saturated carbocycles. The molecular formula is C15H20BrN3. The van der Waals surface area contributed by atoms with E-state index in [4.69, 9.17) is 0 Å². The van der Waals surface area contributed by atoms with Crippen molar-refractivity contribution in [3.05, 3.63) is 46.7 Å². The SMILES string of the molecule is CCC(CC)n1ccc(CNc2ccc(Br)cc2)n1. The van der Waals surface area contributed by atoms with Gasteiger partial charge in [0.2, 0.25) is 0 Å². The van der Waals surface area contributed by atoms with Crippen molar-refractivity contribution >= 4 is 21.6 Å². The van der Waals surface area contributed by atoms with Crippen LogP contribution in [0.4, 0.5) is 5.69 Å². The Hall–Kier alpha value is -1.29. The molecule has 0 atom stereocenters. The van der Waals surface area contributed by atoms with E-state index in [9.17, 15) is 0 Å². The van der Waals surface area contributed by atoms with Gasteiger partial charge in [0.05, 0.1) is 18.3 Å². The standard InChI is InChI=1S/C15H20BrN3/c1-3-15(4-2)19-10-9-14(18-19)11-17-13-7-5-12(16)6-8-13/h5-10,15,17H,3-4,11H2,1-2H3. The lowest BCUT2D eigenvalue weighted by atomic mass is 10.2. The lowest BCUT2D eigenvalue weighted by Crippen LogP contribution is -2.08. The summed E-state index contributed by atoms with van der Waals surface area (Å²) in [5.74, 6) is 0. The highest BCUT2D eigenvalue weighted by Gasteiger charge is 2.07. The summed E-state index contributed by atoms with van der Waals surface area (Å²) in [7, 11) is 0. The second kappa shape index (κ2) is 6.75. The first-order valence-electron chi connectivity index (χ1n) is 6.76. The van der Waals surface area contributed by atoms with Crippen molar-refractivity contribution in [2.75, 3.05) is 5.32 Å². The molecule has 2 aromatic rings. The van der Waals surface area contributed by atoms with Crippen molar-refractivity contribution in [1.29, 1.82) is 0 Å². The van der Waals surface area contributed by atoms with Gasteiger partial charge in [0.25, 0.3) is 0 Å². The molecule has 3 nitrogen and oxygen atoms in total. The molecule has 1 aromatic carbocycles. The zero-order valence-corrected chi connectivity index (χ0v) is 13.0. The van der Waals surface area contributed by atoms with Crippen molar-refractivity contribution in [1.82, 2.24) is 9.78 Å². The lowest BCUT2D eigenvalue weighted by molar-refractivity contribution is 0.426. The van der Waals surface area contributed by atoms with E-state index in [0.717, 1.165) is 35.2 Å². The van der Waals surface area contributed by atoms with E-state index in [1.54, 1.807) is 0 Å². The monoisotopic (exact) mass is 321 g/mol. The van der Waals surface area contributed by atoms with Crippen LogP contribution in [0.15, 0.2) is 41.0 Å². The van der Waals surface area contributed by atoms with Gasteiger partial charge < -0.3 is 5.32 Å². The van der Waals surface area contributed by atoms with Gasteiger partial charge in [0.15, 0.2) is 0 Å². The summed E-state index contributed by atoms with van der Waals surface area (Å²) in [5.41, 5.74) is 2.19. The van der Waals surface area contributed by atoms with E-state index < -0.39 is 0 Å². The first kappa shape index (κ1) is 14.1. The maximum Gasteiger partial charge on any atom is 0.0815 e. The van der Waals surface area contributed by atoms with E-state index in [-0.39, 0.29) is 0 Å². The fourth-order valence-corrected chi connectivity index (χ4v) is 2.36. The van der Waals surface area contributed by atoms with Crippen molar-refractivity contribution in [3.8, 4) is 0 Å². The Bertz CT molecular complexity index is 500. The van der Waals surface area contributed by atoms with Crippen LogP contribution in [0, 0.1) is 0 Å². The number of rotatable bonds is 6. The Morgan fingerprint density at radius 3 is 2.47 bits per heavy atom. The number of aromatic nitrogens is 2. The molecular weight excluding hydrogens is 302 g/mol. The highest BCUT2D eigenvalue weighted by Crippen LogP contribution is 2.16. The molecule has 1 heterocycles. The Kier molecular flexibility index (Phi) is 5.02. The molecule has 102 valence electrons. The first-order valence-corrected chi connectivity index (χ1v) is 7.55. The lowest BCUT2D eigenvalue weighted by Gasteiger charge is -2.12. The van der Waals surface area contributed by atoms with Crippen LogP contribution in [0.3, 0.4) is 0 Å². The molecule has 0 aliphatic rings. The van der Waals surface area contributed by atoms with Crippen molar-refractivity contribution in [2.45, 2.75) is 39.3 Å². The van der Waals surface area contributed by atoms with Gasteiger partial charge in [-0.2, -0.15) is 5.10 Å². The first-order chi connectivity index (χ1) is 9.22. The molecule has 0 unspecified atom stereocenters. The van der Waals surface area contributed by atoms with Crippen LogP contribution in [0.2, 0.25) is 0 Å². The number of anilines is 1. The fraction of sp³-hybridized carbons (Fsp3) is 0.400. The summed E-state index contributed by atoms with van der Waals surface area (Å²) in [6.07, 6.45) is 4.33. The molecule has 19 heavy (non-hydrogen) atoms. The molecule has 0 radical (unpaired) electrons. The Morgan fingerprint density at radius 2 is 1.84 bits per heavy atom. The summed E-state index contributed by atoms with van der Waals surface area (Å²) in [6, 6.07) is 10.8. The minimum atomic E-state index is 0.515. The third-order valence-electron chi connectivity index (χ3n) is 3.30. The maximum absolute atomic E-state index is 4.63. The van der Waals surface area contributed by atoms with Crippen LogP contribution in [0.1, 0.15) is 38.4 Å². The van der Waals surface area contributed by atoms with Gasteiger partial charge in [-0.1, -0.05) is 29.8 Å².